The standard InChI is InChI=1S/C14H18S/c1-5-15-13(4)11(2)12(3)14-9-7-6-8-10-14/h6-10H,3,5H2,1-2,4H3/b13-11-. The maximum atomic E-state index is 4.16. The Morgan fingerprint density at radius 2 is 1.80 bits per heavy atom. The number of benzene rings is 1. The van der Waals surface area contributed by atoms with Crippen molar-refractivity contribution in [3.05, 3.63) is 53.0 Å². The lowest BCUT2D eigenvalue weighted by atomic mass is 10.0. The van der Waals surface area contributed by atoms with E-state index in [0.29, 0.717) is 0 Å². The zero-order valence-electron chi connectivity index (χ0n) is 9.71. The Bertz CT molecular complexity index is 360. The van der Waals surface area contributed by atoms with E-state index in [9.17, 15) is 0 Å². The third kappa shape index (κ3) is 3.28. The van der Waals surface area contributed by atoms with E-state index in [2.05, 4.69) is 51.6 Å². The van der Waals surface area contributed by atoms with Gasteiger partial charge in [-0.25, -0.2) is 0 Å². The molecule has 0 heterocycles. The van der Waals surface area contributed by atoms with Crippen LogP contribution < -0.4 is 0 Å². The third-order valence-electron chi connectivity index (χ3n) is 2.46. The number of hydrogen-bond donors (Lipinski definition) is 0. The van der Waals surface area contributed by atoms with Crippen molar-refractivity contribution in [2.24, 2.45) is 0 Å². The molecular formula is C14H18S. The van der Waals surface area contributed by atoms with Crippen LogP contribution in [0, 0.1) is 0 Å². The van der Waals surface area contributed by atoms with Crippen LogP contribution in [0.5, 0.6) is 0 Å². The van der Waals surface area contributed by atoms with Gasteiger partial charge >= 0.3 is 0 Å². The minimum Gasteiger partial charge on any atom is -0.131 e. The van der Waals surface area contributed by atoms with E-state index in [0.717, 1.165) is 11.3 Å². The first-order valence-electron chi connectivity index (χ1n) is 5.21. The Balaban J connectivity index is 2.91. The molecule has 0 saturated heterocycles. The van der Waals surface area contributed by atoms with E-state index in [-0.39, 0.29) is 0 Å². The predicted octanol–water partition coefficient (Wildman–Crippen LogP) is 4.75. The van der Waals surface area contributed by atoms with Gasteiger partial charge in [0.2, 0.25) is 0 Å². The fourth-order valence-electron chi connectivity index (χ4n) is 1.39. The van der Waals surface area contributed by atoms with Gasteiger partial charge in [0.1, 0.15) is 0 Å². The highest BCUT2D eigenvalue weighted by molar-refractivity contribution is 8.03. The van der Waals surface area contributed by atoms with Crippen molar-refractivity contribution >= 4 is 17.3 Å². The molecule has 1 aromatic carbocycles. The Kier molecular flexibility index (Phi) is 4.70. The van der Waals surface area contributed by atoms with Crippen molar-refractivity contribution < 1.29 is 0 Å². The molecule has 0 unspecified atom stereocenters. The average Bonchev–Trinajstić information content (AvgIpc) is 2.28. The smallest absolute Gasteiger partial charge is 0.00517 e. The van der Waals surface area contributed by atoms with Crippen LogP contribution in [0.25, 0.3) is 5.57 Å². The van der Waals surface area contributed by atoms with Crippen molar-refractivity contribution in [2.45, 2.75) is 20.8 Å². The highest BCUT2D eigenvalue weighted by atomic mass is 32.2. The Hall–Kier alpha value is -0.950. The SMILES string of the molecule is C=C(/C(C)=C(/C)SCC)c1ccccc1. The highest BCUT2D eigenvalue weighted by Crippen LogP contribution is 2.28. The molecule has 0 spiro atoms. The van der Waals surface area contributed by atoms with Gasteiger partial charge < -0.3 is 0 Å². The Labute approximate surface area is 97.1 Å². The second-order valence-electron chi connectivity index (χ2n) is 3.46. The molecule has 1 heteroatoms. The first kappa shape index (κ1) is 12.1. The molecule has 0 nitrogen and oxygen atoms in total. The normalized spacial score (nSPS) is 12.2. The minimum atomic E-state index is 1.12. The molecule has 0 atom stereocenters. The Morgan fingerprint density at radius 1 is 1.20 bits per heavy atom. The van der Waals surface area contributed by atoms with Crippen LogP contribution in [0.1, 0.15) is 26.3 Å². The number of thioether (sulfide) groups is 1. The molecule has 0 aromatic heterocycles. The summed E-state index contributed by atoms with van der Waals surface area (Å²) >= 11 is 1.88. The lowest BCUT2D eigenvalue weighted by molar-refractivity contribution is 1.43. The van der Waals surface area contributed by atoms with E-state index in [1.165, 1.54) is 16.0 Å². The maximum absolute atomic E-state index is 4.16. The van der Waals surface area contributed by atoms with Gasteiger partial charge in [-0.05, 0) is 41.2 Å². The number of hydrogen-bond acceptors (Lipinski definition) is 1. The summed E-state index contributed by atoms with van der Waals surface area (Å²) in [5.41, 5.74) is 3.65. The van der Waals surface area contributed by atoms with Crippen molar-refractivity contribution in [1.82, 2.24) is 0 Å². The molecule has 0 aliphatic heterocycles. The third-order valence-corrected chi connectivity index (χ3v) is 3.49. The van der Waals surface area contributed by atoms with Gasteiger partial charge in [0.05, 0.1) is 0 Å². The van der Waals surface area contributed by atoms with E-state index >= 15 is 0 Å². The van der Waals surface area contributed by atoms with Crippen molar-refractivity contribution in [1.29, 1.82) is 0 Å². The summed E-state index contributed by atoms with van der Waals surface area (Å²) in [5.74, 6) is 1.12. The molecule has 0 bridgehead atoms. The first-order chi connectivity index (χ1) is 7.16. The average molecular weight is 218 g/mol. The summed E-state index contributed by atoms with van der Waals surface area (Å²) in [6, 6.07) is 10.3. The van der Waals surface area contributed by atoms with Crippen LogP contribution in [0.2, 0.25) is 0 Å². The monoisotopic (exact) mass is 218 g/mol. The lowest BCUT2D eigenvalue weighted by Gasteiger charge is -2.10. The predicted molar refractivity (Wildman–Crippen MR) is 72.0 cm³/mol. The topological polar surface area (TPSA) is 0 Å². The summed E-state index contributed by atoms with van der Waals surface area (Å²) in [5, 5.41) is 0. The van der Waals surface area contributed by atoms with Crippen LogP contribution >= 0.6 is 11.8 Å². The van der Waals surface area contributed by atoms with Gasteiger partial charge in [0, 0.05) is 0 Å². The molecule has 0 saturated carbocycles. The number of allylic oxidation sites excluding steroid dienone is 3. The minimum absolute atomic E-state index is 1.12. The molecule has 0 amide bonds. The number of rotatable bonds is 4. The molecule has 15 heavy (non-hydrogen) atoms. The van der Waals surface area contributed by atoms with E-state index in [1.54, 1.807) is 0 Å². The van der Waals surface area contributed by atoms with Gasteiger partial charge in [-0.1, -0.05) is 43.8 Å². The van der Waals surface area contributed by atoms with Gasteiger partial charge in [0.25, 0.3) is 0 Å². The van der Waals surface area contributed by atoms with Crippen molar-refractivity contribution in [3.8, 4) is 0 Å². The summed E-state index contributed by atoms with van der Waals surface area (Å²) in [6.45, 7) is 10.6. The molecule has 1 rings (SSSR count). The fraction of sp³-hybridized carbons (Fsp3) is 0.286. The zero-order chi connectivity index (χ0) is 11.3. The van der Waals surface area contributed by atoms with E-state index in [1.807, 2.05) is 17.8 Å². The van der Waals surface area contributed by atoms with Gasteiger partial charge in [-0.3, -0.25) is 0 Å². The Morgan fingerprint density at radius 3 is 2.33 bits per heavy atom. The molecular weight excluding hydrogens is 200 g/mol. The van der Waals surface area contributed by atoms with Crippen molar-refractivity contribution in [3.63, 3.8) is 0 Å². The lowest BCUT2D eigenvalue weighted by Crippen LogP contribution is -1.87. The van der Waals surface area contributed by atoms with Crippen molar-refractivity contribution in [2.75, 3.05) is 5.75 Å². The van der Waals surface area contributed by atoms with Gasteiger partial charge in [-0.2, -0.15) is 0 Å². The maximum Gasteiger partial charge on any atom is -0.00517 e. The van der Waals surface area contributed by atoms with Crippen LogP contribution in [-0.2, 0) is 0 Å². The molecule has 0 aliphatic rings. The highest BCUT2D eigenvalue weighted by Gasteiger charge is 2.03. The second kappa shape index (κ2) is 5.82. The van der Waals surface area contributed by atoms with Gasteiger partial charge in [0.15, 0.2) is 0 Å². The zero-order valence-corrected chi connectivity index (χ0v) is 10.5. The molecule has 1 aromatic rings. The molecule has 0 aliphatic carbocycles. The molecule has 0 fully saturated rings. The summed E-state index contributed by atoms with van der Waals surface area (Å²) < 4.78 is 0. The van der Waals surface area contributed by atoms with E-state index < -0.39 is 0 Å². The quantitative estimate of drug-likeness (QED) is 0.657. The van der Waals surface area contributed by atoms with Gasteiger partial charge in [-0.15, -0.1) is 11.8 Å². The first-order valence-corrected chi connectivity index (χ1v) is 6.20. The van der Waals surface area contributed by atoms with Crippen LogP contribution in [-0.4, -0.2) is 5.75 Å². The second-order valence-corrected chi connectivity index (χ2v) is 4.94. The van der Waals surface area contributed by atoms with Crippen LogP contribution in [0.3, 0.4) is 0 Å². The largest absolute Gasteiger partial charge is 0.131 e. The summed E-state index contributed by atoms with van der Waals surface area (Å²) in [7, 11) is 0. The fourth-order valence-corrected chi connectivity index (χ4v) is 2.17. The summed E-state index contributed by atoms with van der Waals surface area (Å²) in [6.07, 6.45) is 0. The molecule has 80 valence electrons. The molecule has 0 radical (unpaired) electrons. The van der Waals surface area contributed by atoms with E-state index in [4.69, 9.17) is 0 Å². The molecule has 0 N–H and O–H groups in total. The summed E-state index contributed by atoms with van der Waals surface area (Å²) in [4.78, 5) is 1.37. The van der Waals surface area contributed by atoms with Crippen LogP contribution in [0.15, 0.2) is 47.4 Å². The van der Waals surface area contributed by atoms with Crippen LogP contribution in [0.4, 0.5) is 0 Å².